The molecule has 0 saturated heterocycles. The fourth-order valence-corrected chi connectivity index (χ4v) is 2.03. The number of carbonyl (C=O) groups excluding carboxylic acids is 1. The van der Waals surface area contributed by atoms with Gasteiger partial charge in [0.2, 0.25) is 0 Å². The van der Waals surface area contributed by atoms with Crippen molar-refractivity contribution in [3.05, 3.63) is 35.4 Å². The summed E-state index contributed by atoms with van der Waals surface area (Å²) in [6, 6.07) is 3.71. The molecule has 21 heavy (non-hydrogen) atoms. The van der Waals surface area contributed by atoms with Crippen LogP contribution in [0.15, 0.2) is 18.3 Å². The van der Waals surface area contributed by atoms with Crippen LogP contribution in [0.5, 0.6) is 0 Å². The van der Waals surface area contributed by atoms with Gasteiger partial charge in [0.25, 0.3) is 5.91 Å². The Hall–Kier alpha value is -2.15. The summed E-state index contributed by atoms with van der Waals surface area (Å²) < 4.78 is 8.48. The Morgan fingerprint density at radius 3 is 2.86 bits per heavy atom. The monoisotopic (exact) mass is 291 g/mol. The molecule has 1 N–H and O–H groups in total. The van der Waals surface area contributed by atoms with Crippen LogP contribution in [-0.4, -0.2) is 45.7 Å². The first-order valence-electron chi connectivity index (χ1n) is 6.92. The Labute approximate surface area is 123 Å². The molecule has 0 spiro atoms. The van der Waals surface area contributed by atoms with E-state index in [1.807, 2.05) is 24.6 Å². The smallest absolute Gasteiger partial charge is 0.271 e. The summed E-state index contributed by atoms with van der Waals surface area (Å²) in [5.41, 5.74) is 2.44. The van der Waals surface area contributed by atoms with Gasteiger partial charge >= 0.3 is 0 Å². The molecule has 0 atom stereocenters. The minimum atomic E-state index is -0.168. The molecule has 0 fully saturated rings. The molecular weight excluding hydrogens is 270 g/mol. The molecule has 2 aromatic heterocycles. The minimum Gasteiger partial charge on any atom is -0.385 e. The van der Waals surface area contributed by atoms with Crippen molar-refractivity contribution in [2.24, 2.45) is 0 Å². The number of ether oxygens (including phenoxy) is 1. The average molecular weight is 291 g/mol. The van der Waals surface area contributed by atoms with Crippen molar-refractivity contribution < 1.29 is 9.53 Å². The quantitative estimate of drug-likeness (QED) is 0.771. The second kappa shape index (κ2) is 7.03. The van der Waals surface area contributed by atoms with Gasteiger partial charge in [0, 0.05) is 32.2 Å². The predicted octanol–water partition coefficient (Wildman–Crippen LogP) is 0.969. The van der Waals surface area contributed by atoms with Crippen molar-refractivity contribution in [3.63, 3.8) is 0 Å². The van der Waals surface area contributed by atoms with Crippen LogP contribution >= 0.6 is 0 Å². The summed E-state index contributed by atoms with van der Waals surface area (Å²) in [6.45, 7) is 5.65. The number of hydrogen-bond acceptors (Lipinski definition) is 4. The summed E-state index contributed by atoms with van der Waals surface area (Å²) in [6.07, 6.45) is 2.56. The molecule has 0 radical (unpaired) electrons. The molecule has 0 aliphatic heterocycles. The maximum absolute atomic E-state index is 11.9. The van der Waals surface area contributed by atoms with Crippen LogP contribution in [0.1, 0.15) is 28.3 Å². The van der Waals surface area contributed by atoms with E-state index in [1.165, 1.54) is 0 Å². The lowest BCUT2D eigenvalue weighted by molar-refractivity contribution is 0.0942. The third-order valence-electron chi connectivity index (χ3n) is 3.07. The maximum atomic E-state index is 11.9. The van der Waals surface area contributed by atoms with Crippen molar-refractivity contribution in [1.82, 2.24) is 24.9 Å². The first-order chi connectivity index (χ1) is 10.1. The van der Waals surface area contributed by atoms with Gasteiger partial charge in [-0.25, -0.2) is 4.68 Å². The number of rotatable bonds is 7. The van der Waals surface area contributed by atoms with E-state index in [0.29, 0.717) is 25.5 Å². The van der Waals surface area contributed by atoms with Gasteiger partial charge in [-0.15, -0.1) is 0 Å². The first kappa shape index (κ1) is 15.2. The van der Waals surface area contributed by atoms with Gasteiger partial charge in [-0.1, -0.05) is 0 Å². The lowest BCUT2D eigenvalue weighted by atomic mass is 10.4. The molecule has 0 saturated carbocycles. The molecule has 7 heteroatoms. The van der Waals surface area contributed by atoms with E-state index in [2.05, 4.69) is 15.5 Å². The molecule has 2 rings (SSSR count). The zero-order chi connectivity index (χ0) is 15.2. The molecule has 0 aromatic carbocycles. The predicted molar refractivity (Wildman–Crippen MR) is 78.2 cm³/mol. The first-order valence-corrected chi connectivity index (χ1v) is 6.92. The highest BCUT2D eigenvalue weighted by atomic mass is 16.5. The number of aromatic nitrogens is 4. The van der Waals surface area contributed by atoms with Crippen LogP contribution in [0.3, 0.4) is 0 Å². The topological polar surface area (TPSA) is 74.0 Å². The van der Waals surface area contributed by atoms with E-state index in [0.717, 1.165) is 17.8 Å². The molecule has 0 unspecified atom stereocenters. The second-order valence-electron chi connectivity index (χ2n) is 4.91. The Balaban J connectivity index is 1.91. The Morgan fingerprint density at radius 2 is 2.19 bits per heavy atom. The van der Waals surface area contributed by atoms with E-state index in [1.54, 1.807) is 24.1 Å². The van der Waals surface area contributed by atoms with Crippen molar-refractivity contribution in [2.45, 2.75) is 26.9 Å². The van der Waals surface area contributed by atoms with Crippen molar-refractivity contribution in [3.8, 4) is 0 Å². The fourth-order valence-electron chi connectivity index (χ4n) is 2.03. The van der Waals surface area contributed by atoms with E-state index >= 15 is 0 Å². The standard InChI is InChI=1S/C14H21N5O2/c1-11-9-12(2)19(16-11)10-18-7-5-13(17-18)14(20)15-6-4-8-21-3/h5,7,9H,4,6,8,10H2,1-3H3,(H,15,20). The van der Waals surface area contributed by atoms with E-state index in [-0.39, 0.29) is 5.91 Å². The number of amides is 1. The van der Waals surface area contributed by atoms with Crippen LogP contribution in [0.4, 0.5) is 0 Å². The molecule has 2 aromatic rings. The molecule has 1 amide bonds. The number of hydrogen-bond donors (Lipinski definition) is 1. The SMILES string of the molecule is COCCCNC(=O)c1ccn(Cn2nc(C)cc2C)n1. The lowest BCUT2D eigenvalue weighted by Crippen LogP contribution is -2.26. The number of methoxy groups -OCH3 is 1. The molecule has 114 valence electrons. The van der Waals surface area contributed by atoms with Crippen LogP contribution < -0.4 is 5.32 Å². The van der Waals surface area contributed by atoms with Gasteiger partial charge < -0.3 is 10.1 Å². The van der Waals surface area contributed by atoms with Gasteiger partial charge in [0.15, 0.2) is 0 Å². The van der Waals surface area contributed by atoms with Crippen LogP contribution in [0, 0.1) is 13.8 Å². The molecular formula is C14H21N5O2. The third kappa shape index (κ3) is 4.16. The molecule has 2 heterocycles. The van der Waals surface area contributed by atoms with Gasteiger partial charge in [0.1, 0.15) is 12.4 Å². The fraction of sp³-hybridized carbons (Fsp3) is 0.500. The normalized spacial score (nSPS) is 10.8. The summed E-state index contributed by atoms with van der Waals surface area (Å²) in [5.74, 6) is -0.168. The lowest BCUT2D eigenvalue weighted by Gasteiger charge is -2.04. The molecule has 0 aliphatic rings. The van der Waals surface area contributed by atoms with E-state index in [9.17, 15) is 4.79 Å². The Kier molecular flexibility index (Phi) is 5.10. The van der Waals surface area contributed by atoms with Crippen LogP contribution in [0.25, 0.3) is 0 Å². The zero-order valence-corrected chi connectivity index (χ0v) is 12.7. The van der Waals surface area contributed by atoms with Crippen LogP contribution in [-0.2, 0) is 11.4 Å². The summed E-state index contributed by atoms with van der Waals surface area (Å²) in [5, 5.41) is 11.4. The molecule has 7 nitrogen and oxygen atoms in total. The van der Waals surface area contributed by atoms with Gasteiger partial charge in [-0.3, -0.25) is 9.48 Å². The van der Waals surface area contributed by atoms with Crippen LogP contribution in [0.2, 0.25) is 0 Å². The highest BCUT2D eigenvalue weighted by Gasteiger charge is 2.09. The average Bonchev–Trinajstić information content (AvgIpc) is 3.02. The molecule has 0 bridgehead atoms. The highest BCUT2D eigenvalue weighted by Crippen LogP contribution is 2.03. The number of nitrogens with one attached hydrogen (secondary N) is 1. The Morgan fingerprint density at radius 1 is 1.38 bits per heavy atom. The van der Waals surface area contributed by atoms with Gasteiger partial charge in [-0.05, 0) is 32.4 Å². The number of nitrogens with zero attached hydrogens (tertiary/aromatic N) is 4. The van der Waals surface area contributed by atoms with E-state index < -0.39 is 0 Å². The minimum absolute atomic E-state index is 0.168. The van der Waals surface area contributed by atoms with Crippen molar-refractivity contribution in [2.75, 3.05) is 20.3 Å². The summed E-state index contributed by atoms with van der Waals surface area (Å²) in [7, 11) is 1.64. The highest BCUT2D eigenvalue weighted by molar-refractivity contribution is 5.92. The summed E-state index contributed by atoms with van der Waals surface area (Å²) >= 11 is 0. The number of aryl methyl sites for hydroxylation is 2. The van der Waals surface area contributed by atoms with Crippen molar-refractivity contribution >= 4 is 5.91 Å². The van der Waals surface area contributed by atoms with Crippen molar-refractivity contribution in [1.29, 1.82) is 0 Å². The number of carbonyl (C=O) groups is 1. The van der Waals surface area contributed by atoms with E-state index in [4.69, 9.17) is 4.74 Å². The second-order valence-corrected chi connectivity index (χ2v) is 4.91. The van der Waals surface area contributed by atoms with Gasteiger partial charge in [-0.2, -0.15) is 10.2 Å². The Bertz CT molecular complexity index is 602. The third-order valence-corrected chi connectivity index (χ3v) is 3.07. The maximum Gasteiger partial charge on any atom is 0.271 e. The summed E-state index contributed by atoms with van der Waals surface area (Å²) in [4.78, 5) is 11.9. The van der Waals surface area contributed by atoms with Gasteiger partial charge in [0.05, 0.1) is 5.69 Å². The largest absolute Gasteiger partial charge is 0.385 e. The molecule has 0 aliphatic carbocycles. The zero-order valence-electron chi connectivity index (χ0n) is 12.7.